The molecule has 1 aliphatic heterocycles. The average molecular weight is 365 g/mol. The Bertz CT molecular complexity index is 962. The number of nitrogens with zero attached hydrogens (tertiary/aromatic N) is 7. The van der Waals surface area contributed by atoms with Crippen molar-refractivity contribution >= 4 is 17.3 Å². The van der Waals surface area contributed by atoms with E-state index in [1.165, 1.54) is 0 Å². The third kappa shape index (κ3) is 3.46. The molecule has 0 aliphatic carbocycles. The summed E-state index contributed by atoms with van der Waals surface area (Å²) < 4.78 is 1.96. The lowest BCUT2D eigenvalue weighted by Crippen LogP contribution is -2.47. The van der Waals surface area contributed by atoms with Gasteiger partial charge in [-0.15, -0.1) is 0 Å². The molecule has 1 aliphatic rings. The molecule has 4 heterocycles. The monoisotopic (exact) mass is 365 g/mol. The van der Waals surface area contributed by atoms with Gasteiger partial charge in [-0.2, -0.15) is 9.61 Å². The average Bonchev–Trinajstić information content (AvgIpc) is 3.00. The van der Waals surface area contributed by atoms with Gasteiger partial charge in [-0.3, -0.25) is 0 Å². The molecule has 0 bridgehead atoms. The van der Waals surface area contributed by atoms with Crippen molar-refractivity contribution in [3.8, 4) is 0 Å². The largest absolute Gasteiger partial charge is 0.353 e. The van der Waals surface area contributed by atoms with Gasteiger partial charge in [0.25, 0.3) is 0 Å². The first-order valence-corrected chi connectivity index (χ1v) is 9.48. The van der Waals surface area contributed by atoms with Crippen molar-refractivity contribution in [3.63, 3.8) is 0 Å². The molecule has 0 atom stereocenters. The van der Waals surface area contributed by atoms with Crippen LogP contribution < -0.4 is 9.80 Å². The minimum atomic E-state index is 0.0254. The van der Waals surface area contributed by atoms with Gasteiger partial charge in [0.15, 0.2) is 5.65 Å². The Labute approximate surface area is 160 Å². The Morgan fingerprint density at radius 1 is 0.852 bits per heavy atom. The van der Waals surface area contributed by atoms with Gasteiger partial charge >= 0.3 is 0 Å². The Morgan fingerprint density at radius 3 is 2.26 bits per heavy atom. The van der Waals surface area contributed by atoms with Crippen molar-refractivity contribution in [1.82, 2.24) is 24.6 Å². The zero-order chi connectivity index (χ0) is 19.2. The summed E-state index contributed by atoms with van der Waals surface area (Å²) in [7, 11) is 0. The van der Waals surface area contributed by atoms with E-state index < -0.39 is 0 Å². The van der Waals surface area contributed by atoms with Crippen LogP contribution in [-0.4, -0.2) is 50.7 Å². The van der Waals surface area contributed by atoms with Crippen LogP contribution in [0.25, 0.3) is 5.65 Å². The van der Waals surface area contributed by atoms with E-state index in [4.69, 9.17) is 0 Å². The number of hydrogen-bond donors (Lipinski definition) is 0. The van der Waals surface area contributed by atoms with E-state index in [9.17, 15) is 0 Å². The van der Waals surface area contributed by atoms with Crippen molar-refractivity contribution in [3.05, 3.63) is 41.6 Å². The molecule has 7 heteroatoms. The smallest absolute Gasteiger partial charge is 0.157 e. The summed E-state index contributed by atoms with van der Waals surface area (Å²) in [5, 5.41) is 4.62. The second-order valence-electron chi connectivity index (χ2n) is 8.30. The van der Waals surface area contributed by atoms with E-state index in [2.05, 4.69) is 62.8 Å². The van der Waals surface area contributed by atoms with Gasteiger partial charge in [0, 0.05) is 55.5 Å². The molecule has 4 rings (SSSR count). The third-order valence-corrected chi connectivity index (χ3v) is 5.01. The molecule has 0 spiro atoms. The van der Waals surface area contributed by atoms with Gasteiger partial charge < -0.3 is 9.80 Å². The molecule has 1 saturated heterocycles. The molecule has 27 heavy (non-hydrogen) atoms. The summed E-state index contributed by atoms with van der Waals surface area (Å²) >= 11 is 0. The molecule has 0 unspecified atom stereocenters. The van der Waals surface area contributed by atoms with Gasteiger partial charge in [0.1, 0.15) is 18.0 Å². The normalized spacial score (nSPS) is 15.6. The molecule has 0 radical (unpaired) electrons. The highest BCUT2D eigenvalue weighted by Gasteiger charge is 2.23. The highest BCUT2D eigenvalue weighted by atomic mass is 15.4. The van der Waals surface area contributed by atoms with Crippen LogP contribution in [0, 0.1) is 13.8 Å². The third-order valence-electron chi connectivity index (χ3n) is 5.01. The maximum atomic E-state index is 4.62. The summed E-state index contributed by atoms with van der Waals surface area (Å²) in [5.74, 6) is 2.13. The predicted molar refractivity (Wildman–Crippen MR) is 108 cm³/mol. The van der Waals surface area contributed by atoms with Crippen LogP contribution in [0.4, 0.5) is 11.6 Å². The van der Waals surface area contributed by atoms with Crippen molar-refractivity contribution in [2.24, 2.45) is 0 Å². The molecule has 0 saturated carbocycles. The highest BCUT2D eigenvalue weighted by Crippen LogP contribution is 2.25. The Balaban J connectivity index is 1.55. The number of fused-ring (bicyclic) bond motifs is 1. The number of aryl methyl sites for hydroxylation is 2. The van der Waals surface area contributed by atoms with Gasteiger partial charge in [0.2, 0.25) is 0 Å². The summed E-state index contributed by atoms with van der Waals surface area (Å²) in [6.45, 7) is 14.3. The van der Waals surface area contributed by atoms with Crippen LogP contribution >= 0.6 is 0 Å². The van der Waals surface area contributed by atoms with Crippen LogP contribution in [0.1, 0.15) is 37.9 Å². The SMILES string of the molecule is Cc1cc(N2CCN(c3cc(C(C)(C)C)ncn3)CC2)n2nc(C)cc2n1. The number of aromatic nitrogens is 5. The lowest BCUT2D eigenvalue weighted by Gasteiger charge is -2.37. The van der Waals surface area contributed by atoms with E-state index >= 15 is 0 Å². The van der Waals surface area contributed by atoms with Crippen molar-refractivity contribution in [2.75, 3.05) is 36.0 Å². The molecule has 7 nitrogen and oxygen atoms in total. The highest BCUT2D eigenvalue weighted by molar-refractivity contribution is 5.53. The summed E-state index contributed by atoms with van der Waals surface area (Å²) in [4.78, 5) is 18.3. The van der Waals surface area contributed by atoms with Gasteiger partial charge in [-0.05, 0) is 13.8 Å². The molecule has 3 aromatic rings. The molecule has 142 valence electrons. The molecule has 3 aromatic heterocycles. The summed E-state index contributed by atoms with van der Waals surface area (Å²) in [6.07, 6.45) is 1.69. The lowest BCUT2D eigenvalue weighted by molar-refractivity contribution is 0.564. The number of piperazine rings is 1. The van der Waals surface area contributed by atoms with E-state index in [0.717, 1.165) is 60.5 Å². The molecule has 0 aromatic carbocycles. The molecular formula is C20H27N7. The first-order chi connectivity index (χ1) is 12.8. The van der Waals surface area contributed by atoms with Crippen LogP contribution in [0.2, 0.25) is 0 Å². The quantitative estimate of drug-likeness (QED) is 0.696. The number of hydrogen-bond acceptors (Lipinski definition) is 6. The number of anilines is 2. The van der Waals surface area contributed by atoms with Crippen LogP contribution in [0.5, 0.6) is 0 Å². The fourth-order valence-electron chi connectivity index (χ4n) is 3.51. The predicted octanol–water partition coefficient (Wildman–Crippen LogP) is 2.76. The van der Waals surface area contributed by atoms with Crippen molar-refractivity contribution < 1.29 is 0 Å². The molecular weight excluding hydrogens is 338 g/mol. The van der Waals surface area contributed by atoms with Gasteiger partial charge in [-0.25, -0.2) is 15.0 Å². The standard InChI is InChI=1S/C20H27N7/c1-14-11-19(27-18(23-14)10-15(2)24-27)26-8-6-25(7-9-26)17-12-16(20(3,4)5)21-13-22-17/h10-13H,6-9H2,1-5H3. The zero-order valence-electron chi connectivity index (χ0n) is 16.8. The molecule has 0 N–H and O–H groups in total. The summed E-state index contributed by atoms with van der Waals surface area (Å²) in [5.41, 5.74) is 4.02. The van der Waals surface area contributed by atoms with E-state index in [-0.39, 0.29) is 5.41 Å². The number of rotatable bonds is 2. The van der Waals surface area contributed by atoms with Gasteiger partial charge in [-0.1, -0.05) is 20.8 Å². The topological polar surface area (TPSA) is 62.5 Å². The maximum Gasteiger partial charge on any atom is 0.157 e. The van der Waals surface area contributed by atoms with Crippen molar-refractivity contribution in [2.45, 2.75) is 40.0 Å². The minimum absolute atomic E-state index is 0.0254. The van der Waals surface area contributed by atoms with E-state index in [0.29, 0.717) is 0 Å². The van der Waals surface area contributed by atoms with Gasteiger partial charge in [0.05, 0.1) is 11.4 Å². The molecule has 1 fully saturated rings. The minimum Gasteiger partial charge on any atom is -0.353 e. The second-order valence-corrected chi connectivity index (χ2v) is 8.30. The maximum absolute atomic E-state index is 4.62. The second kappa shape index (κ2) is 6.48. The van der Waals surface area contributed by atoms with Crippen LogP contribution in [0.3, 0.4) is 0 Å². The Kier molecular flexibility index (Phi) is 4.25. The Morgan fingerprint density at radius 2 is 1.56 bits per heavy atom. The summed E-state index contributed by atoms with van der Waals surface area (Å²) in [6, 6.07) is 6.28. The lowest BCUT2D eigenvalue weighted by atomic mass is 9.92. The first kappa shape index (κ1) is 17.7. The molecule has 0 amide bonds. The zero-order valence-corrected chi connectivity index (χ0v) is 16.8. The van der Waals surface area contributed by atoms with Crippen LogP contribution in [0.15, 0.2) is 24.5 Å². The van der Waals surface area contributed by atoms with Crippen LogP contribution in [-0.2, 0) is 5.41 Å². The Hall–Kier alpha value is -2.70. The van der Waals surface area contributed by atoms with Crippen molar-refractivity contribution in [1.29, 1.82) is 0 Å². The van der Waals surface area contributed by atoms with E-state index in [1.54, 1.807) is 6.33 Å². The fourth-order valence-corrected chi connectivity index (χ4v) is 3.51. The fraction of sp³-hybridized carbons (Fsp3) is 0.500. The first-order valence-electron chi connectivity index (χ1n) is 9.48. The van der Waals surface area contributed by atoms with E-state index in [1.807, 2.05) is 24.4 Å².